The van der Waals surface area contributed by atoms with Gasteiger partial charge in [-0.3, -0.25) is 0 Å². The van der Waals surface area contributed by atoms with E-state index in [0.29, 0.717) is 17.0 Å². The lowest BCUT2D eigenvalue weighted by atomic mass is 10.1. The number of nitrogens with zero attached hydrogens (tertiary/aromatic N) is 1. The fraction of sp³-hybridized carbons (Fsp3) is 0.429. The maximum atomic E-state index is 13.3. The van der Waals surface area contributed by atoms with Gasteiger partial charge in [0.15, 0.2) is 0 Å². The van der Waals surface area contributed by atoms with E-state index in [-0.39, 0.29) is 0 Å². The zero-order valence-corrected chi connectivity index (χ0v) is 16.3. The van der Waals surface area contributed by atoms with Gasteiger partial charge in [0.25, 0.3) is 0 Å². The lowest BCUT2D eigenvalue weighted by Gasteiger charge is -2.36. The third-order valence-electron chi connectivity index (χ3n) is 5.39. The van der Waals surface area contributed by atoms with Crippen LogP contribution in [0.5, 0.6) is 0 Å². The molecule has 2 aliphatic heterocycles. The van der Waals surface area contributed by atoms with E-state index in [2.05, 4.69) is 16.3 Å². The van der Waals surface area contributed by atoms with E-state index in [1.807, 2.05) is 26.0 Å². The first-order valence-corrected chi connectivity index (χ1v) is 10.1. The number of hydrogen-bond acceptors (Lipinski definition) is 3. The number of alkyl halides is 3. The quantitative estimate of drug-likeness (QED) is 0.751. The SMILES string of the molecule is Cc1ccc(Sc2cc(C(F)(F)F)ccc2N2CC3CCC(C2)N3)c(C)c1. The Morgan fingerprint density at radius 1 is 0.963 bits per heavy atom. The van der Waals surface area contributed by atoms with Crippen LogP contribution in [0.4, 0.5) is 18.9 Å². The summed E-state index contributed by atoms with van der Waals surface area (Å²) in [5.41, 5.74) is 2.56. The molecule has 2 aromatic rings. The smallest absolute Gasteiger partial charge is 0.367 e. The molecule has 6 heteroatoms. The highest BCUT2D eigenvalue weighted by atomic mass is 32.2. The molecule has 2 nitrogen and oxygen atoms in total. The highest BCUT2D eigenvalue weighted by Gasteiger charge is 2.35. The molecular weight excluding hydrogens is 369 g/mol. The molecule has 0 amide bonds. The molecule has 2 heterocycles. The molecule has 0 radical (unpaired) electrons. The van der Waals surface area contributed by atoms with Crippen LogP contribution >= 0.6 is 11.8 Å². The van der Waals surface area contributed by atoms with Gasteiger partial charge in [-0.2, -0.15) is 13.2 Å². The van der Waals surface area contributed by atoms with Crippen LogP contribution < -0.4 is 10.2 Å². The Kier molecular flexibility index (Phi) is 4.89. The summed E-state index contributed by atoms with van der Waals surface area (Å²) in [6.45, 7) is 5.73. The average Bonchev–Trinajstić information content (AvgIpc) is 2.94. The summed E-state index contributed by atoms with van der Waals surface area (Å²) in [6, 6.07) is 11.1. The number of rotatable bonds is 3. The number of benzene rings is 2. The van der Waals surface area contributed by atoms with Gasteiger partial charge in [0, 0.05) is 35.0 Å². The van der Waals surface area contributed by atoms with E-state index < -0.39 is 11.7 Å². The molecule has 27 heavy (non-hydrogen) atoms. The summed E-state index contributed by atoms with van der Waals surface area (Å²) in [5.74, 6) is 0. The van der Waals surface area contributed by atoms with Crippen LogP contribution in [-0.2, 0) is 6.18 Å². The fourth-order valence-corrected chi connectivity index (χ4v) is 5.14. The Hall–Kier alpha value is -1.66. The molecule has 144 valence electrons. The normalized spacial score (nSPS) is 22.3. The first kappa shape index (κ1) is 18.7. The van der Waals surface area contributed by atoms with E-state index in [9.17, 15) is 13.2 Å². The van der Waals surface area contributed by atoms with Crippen LogP contribution in [-0.4, -0.2) is 25.2 Å². The van der Waals surface area contributed by atoms with Crippen molar-refractivity contribution >= 4 is 17.4 Å². The molecule has 0 spiro atoms. The lowest BCUT2D eigenvalue weighted by molar-refractivity contribution is -0.137. The molecule has 2 atom stereocenters. The predicted octanol–water partition coefficient (Wildman–Crippen LogP) is 5.41. The molecule has 1 N–H and O–H groups in total. The topological polar surface area (TPSA) is 15.3 Å². The van der Waals surface area contributed by atoms with Gasteiger partial charge < -0.3 is 10.2 Å². The molecule has 0 aliphatic carbocycles. The molecule has 2 aromatic carbocycles. The second-order valence-corrected chi connectivity index (χ2v) is 8.68. The Labute approximate surface area is 162 Å². The van der Waals surface area contributed by atoms with Crippen molar-refractivity contribution in [1.82, 2.24) is 5.32 Å². The number of anilines is 1. The molecule has 2 unspecified atom stereocenters. The number of fused-ring (bicyclic) bond motifs is 2. The summed E-state index contributed by atoms with van der Waals surface area (Å²) in [4.78, 5) is 3.93. The van der Waals surface area contributed by atoms with Crippen molar-refractivity contribution in [3.8, 4) is 0 Å². The molecule has 0 saturated carbocycles. The van der Waals surface area contributed by atoms with Gasteiger partial charge in [-0.1, -0.05) is 29.5 Å². The van der Waals surface area contributed by atoms with E-state index in [1.54, 1.807) is 6.07 Å². The van der Waals surface area contributed by atoms with Gasteiger partial charge in [0.1, 0.15) is 0 Å². The first-order valence-electron chi connectivity index (χ1n) is 9.27. The number of hydrogen-bond donors (Lipinski definition) is 1. The standard InChI is InChI=1S/C21H23F3N2S/c1-13-3-8-19(14(2)9-13)27-20-10-15(21(22,23)24)4-7-18(20)26-11-16-5-6-17(12-26)25-16/h3-4,7-10,16-17,25H,5-6,11-12H2,1-2H3. The van der Waals surface area contributed by atoms with Gasteiger partial charge in [-0.15, -0.1) is 0 Å². The van der Waals surface area contributed by atoms with Crippen molar-refractivity contribution in [3.05, 3.63) is 53.1 Å². The maximum absolute atomic E-state index is 13.3. The Morgan fingerprint density at radius 2 is 1.67 bits per heavy atom. The minimum absolute atomic E-state index is 0.435. The van der Waals surface area contributed by atoms with Crippen LogP contribution in [0.2, 0.25) is 0 Å². The zero-order chi connectivity index (χ0) is 19.2. The molecule has 2 aliphatic rings. The van der Waals surface area contributed by atoms with Crippen LogP contribution in [0.25, 0.3) is 0 Å². The summed E-state index contributed by atoms with van der Waals surface area (Å²) >= 11 is 1.43. The second kappa shape index (κ2) is 7.06. The highest BCUT2D eigenvalue weighted by molar-refractivity contribution is 7.99. The van der Waals surface area contributed by atoms with E-state index in [1.165, 1.54) is 23.9 Å². The van der Waals surface area contributed by atoms with Crippen LogP contribution in [0.1, 0.15) is 29.5 Å². The Morgan fingerprint density at radius 3 is 2.30 bits per heavy atom. The van der Waals surface area contributed by atoms with E-state index in [4.69, 9.17) is 0 Å². The van der Waals surface area contributed by atoms with Gasteiger partial charge in [0.2, 0.25) is 0 Å². The summed E-state index contributed by atoms with van der Waals surface area (Å²) < 4.78 is 39.9. The summed E-state index contributed by atoms with van der Waals surface area (Å²) in [5, 5.41) is 3.58. The van der Waals surface area contributed by atoms with Crippen molar-refractivity contribution in [2.75, 3.05) is 18.0 Å². The highest BCUT2D eigenvalue weighted by Crippen LogP contribution is 2.42. The number of nitrogens with one attached hydrogen (secondary N) is 1. The average molecular weight is 392 g/mol. The fourth-order valence-electron chi connectivity index (χ4n) is 4.06. The van der Waals surface area contributed by atoms with Crippen molar-refractivity contribution < 1.29 is 13.2 Å². The van der Waals surface area contributed by atoms with Crippen LogP contribution in [0.3, 0.4) is 0 Å². The van der Waals surface area contributed by atoms with Gasteiger partial charge in [0.05, 0.1) is 11.3 Å². The second-order valence-electron chi connectivity index (χ2n) is 7.59. The summed E-state index contributed by atoms with van der Waals surface area (Å²) in [6.07, 6.45) is -2.05. The zero-order valence-electron chi connectivity index (χ0n) is 15.4. The molecule has 0 aromatic heterocycles. The minimum Gasteiger partial charge on any atom is -0.367 e. The van der Waals surface area contributed by atoms with E-state index in [0.717, 1.165) is 47.6 Å². The van der Waals surface area contributed by atoms with Crippen molar-refractivity contribution in [3.63, 3.8) is 0 Å². The van der Waals surface area contributed by atoms with Crippen LogP contribution in [0, 0.1) is 13.8 Å². The Bertz CT molecular complexity index is 838. The van der Waals surface area contributed by atoms with Crippen LogP contribution in [0.15, 0.2) is 46.2 Å². The molecular formula is C21H23F3N2S. The lowest BCUT2D eigenvalue weighted by Crippen LogP contribution is -2.51. The number of aryl methyl sites for hydroxylation is 2. The van der Waals surface area contributed by atoms with Gasteiger partial charge in [-0.25, -0.2) is 0 Å². The maximum Gasteiger partial charge on any atom is 0.416 e. The van der Waals surface area contributed by atoms with Gasteiger partial charge in [-0.05, 0) is 56.5 Å². The summed E-state index contributed by atoms with van der Waals surface area (Å²) in [7, 11) is 0. The largest absolute Gasteiger partial charge is 0.416 e. The molecule has 2 bridgehead atoms. The van der Waals surface area contributed by atoms with E-state index >= 15 is 0 Å². The predicted molar refractivity (Wildman–Crippen MR) is 104 cm³/mol. The van der Waals surface area contributed by atoms with Gasteiger partial charge >= 0.3 is 6.18 Å². The third kappa shape index (κ3) is 3.97. The first-order chi connectivity index (χ1) is 12.8. The molecule has 2 fully saturated rings. The van der Waals surface area contributed by atoms with Crippen molar-refractivity contribution in [2.24, 2.45) is 0 Å². The molecule has 4 rings (SSSR count). The monoisotopic (exact) mass is 392 g/mol. The van der Waals surface area contributed by atoms with Crippen molar-refractivity contribution in [1.29, 1.82) is 0 Å². The third-order valence-corrected chi connectivity index (χ3v) is 6.62. The minimum atomic E-state index is -4.33. The number of halogens is 3. The number of piperazine rings is 1. The van der Waals surface area contributed by atoms with Crippen molar-refractivity contribution in [2.45, 2.75) is 54.7 Å². The Balaban J connectivity index is 1.72. The molecule has 2 saturated heterocycles.